The summed E-state index contributed by atoms with van der Waals surface area (Å²) in [6.45, 7) is 5.31. The van der Waals surface area contributed by atoms with Gasteiger partial charge in [-0.1, -0.05) is 6.58 Å². The summed E-state index contributed by atoms with van der Waals surface area (Å²) in [4.78, 5) is 21.4. The van der Waals surface area contributed by atoms with Gasteiger partial charge in [-0.3, -0.25) is 9.78 Å². The third-order valence-corrected chi connectivity index (χ3v) is 1.88. The van der Waals surface area contributed by atoms with Crippen LogP contribution in [0.5, 0.6) is 0 Å². The van der Waals surface area contributed by atoms with Crippen LogP contribution in [0.2, 0.25) is 0 Å². The molecule has 0 aliphatic rings. The molecule has 0 fully saturated rings. The van der Waals surface area contributed by atoms with Crippen LogP contribution in [0.25, 0.3) is 0 Å². The Hall–Kier alpha value is -1.23. The summed E-state index contributed by atoms with van der Waals surface area (Å²) in [7, 11) is 0. The number of halogens is 1. The molecule has 0 spiro atoms. The molecule has 0 amide bonds. The van der Waals surface area contributed by atoms with Gasteiger partial charge in [-0.25, -0.2) is 9.98 Å². The third-order valence-electron chi connectivity index (χ3n) is 1.32. The highest BCUT2D eigenvalue weighted by atomic mass is 79.9. The Balaban J connectivity index is 3.12. The van der Waals surface area contributed by atoms with Gasteiger partial charge in [-0.15, -0.1) is 0 Å². The van der Waals surface area contributed by atoms with Gasteiger partial charge < -0.3 is 0 Å². The lowest BCUT2D eigenvalue weighted by Crippen LogP contribution is -2.06. The number of allylic oxidation sites excluding steroid dienone is 1. The van der Waals surface area contributed by atoms with Gasteiger partial charge in [0.1, 0.15) is 4.47 Å². The van der Waals surface area contributed by atoms with Crippen molar-refractivity contribution in [2.75, 3.05) is 0 Å². The first-order valence-electron chi connectivity index (χ1n) is 3.56. The molecule has 68 valence electrons. The van der Waals surface area contributed by atoms with Crippen molar-refractivity contribution in [3.8, 4) is 0 Å². The Morgan fingerprint density at radius 1 is 1.85 bits per heavy atom. The number of aromatic amines is 1. The van der Waals surface area contributed by atoms with Gasteiger partial charge in [0.25, 0.3) is 5.56 Å². The van der Waals surface area contributed by atoms with E-state index in [4.69, 9.17) is 0 Å². The van der Waals surface area contributed by atoms with Crippen LogP contribution in [0, 0.1) is 0 Å². The van der Waals surface area contributed by atoms with E-state index in [9.17, 15) is 4.79 Å². The zero-order valence-corrected chi connectivity index (χ0v) is 8.63. The number of hydrogen-bond donors (Lipinski definition) is 1. The molecular formula is C8H8BrN3O. The molecule has 4 nitrogen and oxygen atoms in total. The number of aliphatic imine (C=N–C) groups is 1. The Labute approximate surface area is 83.6 Å². The van der Waals surface area contributed by atoms with E-state index in [1.165, 1.54) is 6.20 Å². The first kappa shape index (κ1) is 9.85. The summed E-state index contributed by atoms with van der Waals surface area (Å²) >= 11 is 3.04. The van der Waals surface area contributed by atoms with Crippen LogP contribution in [-0.4, -0.2) is 15.7 Å². The highest BCUT2D eigenvalue weighted by Gasteiger charge is 1.96. The molecule has 0 aliphatic heterocycles. The maximum atomic E-state index is 11.1. The zero-order valence-electron chi connectivity index (χ0n) is 7.04. The predicted molar refractivity (Wildman–Crippen MR) is 55.5 cm³/mol. The van der Waals surface area contributed by atoms with E-state index in [0.29, 0.717) is 10.2 Å². The van der Waals surface area contributed by atoms with Crippen molar-refractivity contribution in [2.45, 2.75) is 6.92 Å². The standard InChI is InChI=1S/C8H8BrN3O/c1-3-5(2)11-8-10-4-6(9)7(13)12-8/h3-4H,1H2,2H3,(H,10,12,13). The number of rotatable bonds is 2. The van der Waals surface area contributed by atoms with E-state index in [0.717, 1.165) is 0 Å². The van der Waals surface area contributed by atoms with Crippen molar-refractivity contribution in [3.05, 3.63) is 33.7 Å². The predicted octanol–water partition coefficient (Wildman–Crippen LogP) is 1.81. The Kier molecular flexibility index (Phi) is 3.13. The van der Waals surface area contributed by atoms with Crippen molar-refractivity contribution in [2.24, 2.45) is 4.99 Å². The minimum absolute atomic E-state index is 0.245. The van der Waals surface area contributed by atoms with Gasteiger partial charge in [0.2, 0.25) is 5.95 Å². The molecule has 13 heavy (non-hydrogen) atoms. The maximum Gasteiger partial charge on any atom is 0.266 e. The number of hydrogen-bond acceptors (Lipinski definition) is 3. The fourth-order valence-corrected chi connectivity index (χ4v) is 0.841. The molecule has 1 rings (SSSR count). The van der Waals surface area contributed by atoms with Crippen LogP contribution in [0.15, 0.2) is 33.1 Å². The summed E-state index contributed by atoms with van der Waals surface area (Å²) in [5.74, 6) is 0.283. The van der Waals surface area contributed by atoms with E-state index >= 15 is 0 Å². The molecule has 0 saturated heterocycles. The minimum atomic E-state index is -0.245. The van der Waals surface area contributed by atoms with Crippen LogP contribution >= 0.6 is 15.9 Å². The van der Waals surface area contributed by atoms with Crippen LogP contribution in [0.3, 0.4) is 0 Å². The normalized spacial score (nSPS) is 11.4. The molecule has 0 atom stereocenters. The zero-order chi connectivity index (χ0) is 9.84. The number of nitrogens with zero attached hydrogens (tertiary/aromatic N) is 2. The number of nitrogens with one attached hydrogen (secondary N) is 1. The highest BCUT2D eigenvalue weighted by Crippen LogP contribution is 2.04. The topological polar surface area (TPSA) is 58.1 Å². The molecule has 0 saturated carbocycles. The van der Waals surface area contributed by atoms with E-state index in [2.05, 4.69) is 37.5 Å². The second-order valence-electron chi connectivity index (χ2n) is 2.34. The number of H-pyrrole nitrogens is 1. The number of aromatic nitrogens is 2. The summed E-state index contributed by atoms with van der Waals surface area (Å²) in [6.07, 6.45) is 3.00. The lowest BCUT2D eigenvalue weighted by atomic mass is 10.4. The first-order chi connectivity index (χ1) is 6.13. The Morgan fingerprint density at radius 2 is 2.54 bits per heavy atom. The molecule has 0 aromatic carbocycles. The smallest absolute Gasteiger partial charge is 0.266 e. The van der Waals surface area contributed by atoms with Crippen LogP contribution in [0.4, 0.5) is 5.95 Å². The van der Waals surface area contributed by atoms with Crippen LogP contribution < -0.4 is 5.56 Å². The van der Waals surface area contributed by atoms with Crippen molar-refractivity contribution >= 4 is 27.6 Å². The average molecular weight is 242 g/mol. The van der Waals surface area contributed by atoms with E-state index < -0.39 is 0 Å². The molecular weight excluding hydrogens is 234 g/mol. The molecule has 5 heteroatoms. The average Bonchev–Trinajstić information content (AvgIpc) is 2.11. The minimum Gasteiger partial charge on any atom is -0.290 e. The largest absolute Gasteiger partial charge is 0.290 e. The van der Waals surface area contributed by atoms with Crippen molar-refractivity contribution in [1.29, 1.82) is 0 Å². The second kappa shape index (κ2) is 4.13. The highest BCUT2D eigenvalue weighted by molar-refractivity contribution is 9.10. The SMILES string of the molecule is C=CC(C)=Nc1ncc(Br)c(=O)[nH]1. The van der Waals surface area contributed by atoms with E-state index in [-0.39, 0.29) is 11.5 Å². The van der Waals surface area contributed by atoms with Crippen molar-refractivity contribution in [3.63, 3.8) is 0 Å². The molecule has 0 aliphatic carbocycles. The summed E-state index contributed by atoms with van der Waals surface area (Å²) in [5.41, 5.74) is 0.455. The molecule has 1 heterocycles. The lowest BCUT2D eigenvalue weighted by molar-refractivity contribution is 1.08. The summed E-state index contributed by atoms with van der Waals surface area (Å²) in [5, 5.41) is 0. The monoisotopic (exact) mass is 241 g/mol. The molecule has 1 N–H and O–H groups in total. The van der Waals surface area contributed by atoms with Gasteiger partial charge in [0.15, 0.2) is 0 Å². The third kappa shape index (κ3) is 2.62. The Morgan fingerprint density at radius 3 is 3.08 bits per heavy atom. The summed E-state index contributed by atoms with van der Waals surface area (Å²) in [6, 6.07) is 0. The summed E-state index contributed by atoms with van der Waals surface area (Å²) < 4.78 is 0.391. The molecule has 1 aromatic heterocycles. The van der Waals surface area contributed by atoms with E-state index in [1.807, 2.05) is 0 Å². The quantitative estimate of drug-likeness (QED) is 0.804. The molecule has 0 bridgehead atoms. The first-order valence-corrected chi connectivity index (χ1v) is 4.35. The van der Waals surface area contributed by atoms with Crippen molar-refractivity contribution in [1.82, 2.24) is 9.97 Å². The fraction of sp³-hybridized carbons (Fsp3) is 0.125. The van der Waals surface area contributed by atoms with Gasteiger partial charge in [0.05, 0.1) is 6.20 Å². The molecule has 1 aromatic rings. The van der Waals surface area contributed by atoms with Gasteiger partial charge in [-0.05, 0) is 28.9 Å². The van der Waals surface area contributed by atoms with Gasteiger partial charge >= 0.3 is 0 Å². The van der Waals surface area contributed by atoms with Crippen molar-refractivity contribution < 1.29 is 0 Å². The van der Waals surface area contributed by atoms with E-state index in [1.54, 1.807) is 13.0 Å². The van der Waals surface area contributed by atoms with Crippen LogP contribution in [0.1, 0.15) is 6.92 Å². The molecule has 0 radical (unpaired) electrons. The fourth-order valence-electron chi connectivity index (χ4n) is 0.639. The second-order valence-corrected chi connectivity index (χ2v) is 3.20. The lowest BCUT2D eigenvalue weighted by Gasteiger charge is -1.93. The maximum absolute atomic E-state index is 11.1. The Bertz CT molecular complexity index is 408. The van der Waals surface area contributed by atoms with Crippen LogP contribution in [-0.2, 0) is 0 Å². The van der Waals surface area contributed by atoms with Gasteiger partial charge in [0, 0.05) is 5.71 Å². The molecule has 0 unspecified atom stereocenters. The van der Waals surface area contributed by atoms with Gasteiger partial charge in [-0.2, -0.15) is 0 Å².